The van der Waals surface area contributed by atoms with E-state index in [-0.39, 0.29) is 6.42 Å². The maximum Gasteiger partial charge on any atom is 0.309 e. The summed E-state index contributed by atoms with van der Waals surface area (Å²) in [5.74, 6) is 0.517. The molecule has 0 aromatic carbocycles. The van der Waals surface area contributed by atoms with Crippen molar-refractivity contribution < 1.29 is 14.3 Å². The minimum Gasteiger partial charge on any atom is -0.481 e. The zero-order chi connectivity index (χ0) is 13.1. The number of rotatable bonds is 5. The van der Waals surface area contributed by atoms with Crippen LogP contribution >= 0.6 is 11.3 Å². The molecule has 0 spiro atoms. The summed E-state index contributed by atoms with van der Waals surface area (Å²) in [6, 6.07) is 0. The zero-order valence-electron chi connectivity index (χ0n) is 10.1. The number of nitrogens with one attached hydrogen (secondary N) is 1. The first-order chi connectivity index (χ1) is 8.54. The van der Waals surface area contributed by atoms with Crippen molar-refractivity contribution in [2.75, 3.05) is 5.32 Å². The molecule has 6 nitrogen and oxygen atoms in total. The lowest BCUT2D eigenvalue weighted by molar-refractivity contribution is -0.136. The van der Waals surface area contributed by atoms with Crippen molar-refractivity contribution in [3.63, 3.8) is 0 Å². The van der Waals surface area contributed by atoms with Crippen LogP contribution in [0.1, 0.15) is 23.0 Å². The molecule has 0 radical (unpaired) electrons. The first-order valence-electron chi connectivity index (χ1n) is 5.37. The average Bonchev–Trinajstić information content (AvgIpc) is 2.84. The van der Waals surface area contributed by atoms with Crippen LogP contribution in [-0.2, 0) is 17.8 Å². The largest absolute Gasteiger partial charge is 0.481 e. The molecule has 2 aromatic rings. The van der Waals surface area contributed by atoms with Crippen LogP contribution in [0.25, 0.3) is 0 Å². The molecule has 0 saturated carbocycles. The molecule has 0 atom stereocenters. The van der Waals surface area contributed by atoms with Gasteiger partial charge in [0.1, 0.15) is 5.76 Å². The summed E-state index contributed by atoms with van der Waals surface area (Å²) in [5.41, 5.74) is 1.42. The van der Waals surface area contributed by atoms with Gasteiger partial charge in [0.05, 0.1) is 24.4 Å². The van der Waals surface area contributed by atoms with E-state index >= 15 is 0 Å². The zero-order valence-corrected chi connectivity index (χ0v) is 10.9. The number of aliphatic carboxylic acids is 1. The molecule has 7 heteroatoms. The maximum absolute atomic E-state index is 10.5. The van der Waals surface area contributed by atoms with Crippen molar-refractivity contribution in [2.24, 2.45) is 0 Å². The van der Waals surface area contributed by atoms with Gasteiger partial charge in [0.2, 0.25) is 5.89 Å². The van der Waals surface area contributed by atoms with E-state index in [0.717, 1.165) is 11.5 Å². The van der Waals surface area contributed by atoms with E-state index in [1.54, 1.807) is 5.38 Å². The topological polar surface area (TPSA) is 88.2 Å². The van der Waals surface area contributed by atoms with Crippen molar-refractivity contribution >= 4 is 22.4 Å². The predicted molar refractivity (Wildman–Crippen MR) is 66.8 cm³/mol. The van der Waals surface area contributed by atoms with Crippen molar-refractivity contribution in [3.05, 3.63) is 28.4 Å². The molecular formula is C11H13N3O3S. The van der Waals surface area contributed by atoms with E-state index in [1.807, 2.05) is 13.8 Å². The van der Waals surface area contributed by atoms with Crippen LogP contribution in [0, 0.1) is 13.8 Å². The molecular weight excluding hydrogens is 254 g/mol. The summed E-state index contributed by atoms with van der Waals surface area (Å²) in [6.45, 7) is 4.19. The highest BCUT2D eigenvalue weighted by molar-refractivity contribution is 7.13. The average molecular weight is 267 g/mol. The van der Waals surface area contributed by atoms with Crippen LogP contribution in [0.3, 0.4) is 0 Å². The summed E-state index contributed by atoms with van der Waals surface area (Å²) in [4.78, 5) is 18.9. The minimum atomic E-state index is -0.884. The molecule has 2 heterocycles. The second-order valence-corrected chi connectivity index (χ2v) is 4.68. The predicted octanol–water partition coefficient (Wildman–Crippen LogP) is 1.99. The normalized spacial score (nSPS) is 10.6. The molecule has 0 saturated heterocycles. The Kier molecular flexibility index (Phi) is 3.61. The SMILES string of the molecule is Cc1nc(CNc2nc(CC(=O)O)cs2)oc1C. The first kappa shape index (κ1) is 12.6. The fourth-order valence-corrected chi connectivity index (χ4v) is 2.10. The maximum atomic E-state index is 10.5. The number of aryl methyl sites for hydroxylation is 2. The van der Waals surface area contributed by atoms with Crippen LogP contribution in [0.5, 0.6) is 0 Å². The van der Waals surface area contributed by atoms with Gasteiger partial charge in [-0.25, -0.2) is 9.97 Å². The summed E-state index contributed by atoms with van der Waals surface area (Å²) >= 11 is 1.37. The highest BCUT2D eigenvalue weighted by Gasteiger charge is 2.08. The summed E-state index contributed by atoms with van der Waals surface area (Å²) in [7, 11) is 0. The number of carboxylic acids is 1. The van der Waals surface area contributed by atoms with Gasteiger partial charge in [-0.2, -0.15) is 0 Å². The Balaban J connectivity index is 1.93. The molecule has 2 aromatic heterocycles. The third-order valence-corrected chi connectivity index (χ3v) is 3.20. The molecule has 2 rings (SSSR count). The number of anilines is 1. The van der Waals surface area contributed by atoms with Crippen LogP contribution < -0.4 is 5.32 Å². The van der Waals surface area contributed by atoms with Crippen LogP contribution in [0.4, 0.5) is 5.13 Å². The van der Waals surface area contributed by atoms with Gasteiger partial charge in [0.15, 0.2) is 5.13 Å². The van der Waals surface area contributed by atoms with E-state index in [9.17, 15) is 4.79 Å². The first-order valence-corrected chi connectivity index (χ1v) is 6.25. The van der Waals surface area contributed by atoms with E-state index in [4.69, 9.17) is 9.52 Å². The van der Waals surface area contributed by atoms with Gasteiger partial charge in [-0.15, -0.1) is 11.3 Å². The number of nitrogens with zero attached hydrogens (tertiary/aromatic N) is 2. The van der Waals surface area contributed by atoms with Gasteiger partial charge in [0, 0.05) is 5.38 Å². The molecule has 18 heavy (non-hydrogen) atoms. The summed E-state index contributed by atoms with van der Waals surface area (Å²) in [6.07, 6.45) is -0.0601. The molecule has 0 aliphatic carbocycles. The number of oxazole rings is 1. The molecule has 2 N–H and O–H groups in total. The van der Waals surface area contributed by atoms with E-state index in [1.165, 1.54) is 11.3 Å². The van der Waals surface area contributed by atoms with Crippen LogP contribution in [0.2, 0.25) is 0 Å². The van der Waals surface area contributed by atoms with Crippen molar-refractivity contribution in [1.29, 1.82) is 0 Å². The number of carboxylic acid groups (broad SMARTS) is 1. The lowest BCUT2D eigenvalue weighted by Gasteiger charge is -1.97. The van der Waals surface area contributed by atoms with Gasteiger partial charge in [0.25, 0.3) is 0 Å². The van der Waals surface area contributed by atoms with E-state index in [2.05, 4.69) is 15.3 Å². The monoisotopic (exact) mass is 267 g/mol. The molecule has 0 aliphatic heterocycles. The Hall–Kier alpha value is -1.89. The molecule has 0 bridgehead atoms. The lowest BCUT2D eigenvalue weighted by atomic mass is 10.3. The van der Waals surface area contributed by atoms with Crippen LogP contribution in [-0.4, -0.2) is 21.0 Å². The van der Waals surface area contributed by atoms with Gasteiger partial charge in [-0.1, -0.05) is 0 Å². The van der Waals surface area contributed by atoms with Gasteiger partial charge in [-0.3, -0.25) is 4.79 Å². The third kappa shape index (κ3) is 3.07. The number of carbonyl (C=O) groups is 1. The smallest absolute Gasteiger partial charge is 0.309 e. The van der Waals surface area contributed by atoms with Crippen molar-refractivity contribution in [1.82, 2.24) is 9.97 Å². The molecule has 0 unspecified atom stereocenters. The summed E-state index contributed by atoms with van der Waals surface area (Å²) in [5, 5.41) is 14.1. The fraction of sp³-hybridized carbons (Fsp3) is 0.364. The van der Waals surface area contributed by atoms with Crippen LogP contribution in [0.15, 0.2) is 9.80 Å². The van der Waals surface area contributed by atoms with Gasteiger partial charge >= 0.3 is 5.97 Å². The Morgan fingerprint density at radius 1 is 1.50 bits per heavy atom. The van der Waals surface area contributed by atoms with Gasteiger partial charge < -0.3 is 14.8 Å². The molecule has 0 aliphatic rings. The number of hydrogen-bond acceptors (Lipinski definition) is 6. The number of hydrogen-bond donors (Lipinski definition) is 2. The van der Waals surface area contributed by atoms with Crippen molar-refractivity contribution in [2.45, 2.75) is 26.8 Å². The lowest BCUT2D eigenvalue weighted by Crippen LogP contribution is -2.02. The standard InChI is InChI=1S/C11H13N3O3S/c1-6-7(2)17-9(13-6)4-12-11-14-8(5-18-11)3-10(15)16/h5H,3-4H2,1-2H3,(H,12,14)(H,15,16). The van der Waals surface area contributed by atoms with E-state index in [0.29, 0.717) is 23.3 Å². The van der Waals surface area contributed by atoms with Crippen molar-refractivity contribution in [3.8, 4) is 0 Å². The minimum absolute atomic E-state index is 0.0601. The Bertz CT molecular complexity index is 542. The molecule has 0 fully saturated rings. The highest BCUT2D eigenvalue weighted by atomic mass is 32.1. The molecule has 96 valence electrons. The third-order valence-electron chi connectivity index (χ3n) is 2.35. The number of aromatic nitrogens is 2. The Morgan fingerprint density at radius 2 is 2.28 bits per heavy atom. The second kappa shape index (κ2) is 5.18. The Morgan fingerprint density at radius 3 is 2.89 bits per heavy atom. The second-order valence-electron chi connectivity index (χ2n) is 3.82. The van der Waals surface area contributed by atoms with Gasteiger partial charge in [-0.05, 0) is 13.8 Å². The fourth-order valence-electron chi connectivity index (χ4n) is 1.39. The highest BCUT2D eigenvalue weighted by Crippen LogP contribution is 2.17. The molecule has 0 amide bonds. The van der Waals surface area contributed by atoms with E-state index < -0.39 is 5.97 Å². The Labute approximate surface area is 108 Å². The summed E-state index contributed by atoms with van der Waals surface area (Å²) < 4.78 is 5.42. The number of thiazole rings is 1. The quantitative estimate of drug-likeness (QED) is 0.861.